The number of primary amides is 1. The van der Waals surface area contributed by atoms with Gasteiger partial charge in [-0.1, -0.05) is 32.0 Å². The normalized spacial score (nSPS) is 15.1. The number of carbonyl (C=O) groups is 5. The first-order chi connectivity index (χ1) is 18.3. The van der Waals surface area contributed by atoms with E-state index >= 15 is 0 Å². The Labute approximate surface area is 226 Å². The molecule has 0 aliphatic rings. The highest BCUT2D eigenvalue weighted by Crippen LogP contribution is 2.19. The van der Waals surface area contributed by atoms with Crippen molar-refractivity contribution in [2.24, 2.45) is 17.4 Å². The Morgan fingerprint density at radius 3 is 2.15 bits per heavy atom. The lowest BCUT2D eigenvalue weighted by Crippen LogP contribution is -2.58. The Kier molecular flexibility index (Phi) is 11.4. The summed E-state index contributed by atoms with van der Waals surface area (Å²) in [6, 6.07) is 2.48. The van der Waals surface area contributed by atoms with Gasteiger partial charge in [0, 0.05) is 23.5 Å². The maximum atomic E-state index is 13.2. The number of aliphatic hydroxyl groups excluding tert-OH is 1. The van der Waals surface area contributed by atoms with E-state index in [1.807, 2.05) is 24.3 Å². The van der Waals surface area contributed by atoms with Gasteiger partial charge in [0.2, 0.25) is 23.6 Å². The van der Waals surface area contributed by atoms with Crippen molar-refractivity contribution >= 4 is 40.5 Å². The number of nitrogens with one attached hydrogen (secondary N) is 4. The number of carboxylic acid groups (broad SMARTS) is 1. The molecule has 2 aromatic rings. The molecule has 0 spiro atoms. The molecule has 0 fully saturated rings. The van der Waals surface area contributed by atoms with Crippen LogP contribution >= 0.6 is 0 Å². The van der Waals surface area contributed by atoms with Gasteiger partial charge >= 0.3 is 5.97 Å². The number of H-pyrrole nitrogens is 1. The molecule has 0 saturated heterocycles. The number of aliphatic carboxylic acids is 1. The molecule has 214 valence electrons. The number of fused-ring (bicyclic) bond motifs is 1. The lowest BCUT2D eigenvalue weighted by atomic mass is 10.0. The quantitative estimate of drug-likeness (QED) is 0.142. The molecule has 0 bridgehead atoms. The topological polar surface area (TPSA) is 230 Å². The highest BCUT2D eigenvalue weighted by Gasteiger charge is 2.32. The highest BCUT2D eigenvalue weighted by atomic mass is 16.4. The third-order valence-corrected chi connectivity index (χ3v) is 6.15. The minimum atomic E-state index is -1.59. The van der Waals surface area contributed by atoms with Crippen LogP contribution in [0.3, 0.4) is 0 Å². The minimum absolute atomic E-state index is 0.0841. The monoisotopic (exact) mass is 546 g/mol. The van der Waals surface area contributed by atoms with Gasteiger partial charge in [0.05, 0.1) is 12.1 Å². The molecule has 4 amide bonds. The van der Waals surface area contributed by atoms with Gasteiger partial charge in [-0.25, -0.2) is 4.79 Å². The highest BCUT2D eigenvalue weighted by molar-refractivity contribution is 5.94. The molecule has 10 N–H and O–H groups in total. The lowest BCUT2D eigenvalue weighted by Gasteiger charge is -2.26. The molecule has 13 heteroatoms. The molecule has 5 atom stereocenters. The van der Waals surface area contributed by atoms with Gasteiger partial charge in [0.25, 0.3) is 0 Å². The van der Waals surface area contributed by atoms with Crippen LogP contribution < -0.4 is 27.4 Å². The number of aromatic amines is 1. The Hall–Kier alpha value is -3.97. The first kappa shape index (κ1) is 31.2. The van der Waals surface area contributed by atoms with E-state index in [1.54, 1.807) is 20.0 Å². The van der Waals surface area contributed by atoms with Crippen LogP contribution in [0.15, 0.2) is 30.5 Å². The largest absolute Gasteiger partial charge is 0.480 e. The second kappa shape index (κ2) is 14.3. The van der Waals surface area contributed by atoms with Gasteiger partial charge in [0.15, 0.2) is 6.04 Å². The maximum absolute atomic E-state index is 13.2. The number of carbonyl (C=O) groups excluding carboxylic acids is 4. The molecule has 0 aliphatic carbocycles. The number of nitrogens with two attached hydrogens (primary N) is 2. The fourth-order valence-electron chi connectivity index (χ4n) is 4.08. The van der Waals surface area contributed by atoms with Crippen molar-refractivity contribution in [3.63, 3.8) is 0 Å². The van der Waals surface area contributed by atoms with E-state index in [2.05, 4.69) is 20.9 Å². The number of hydrogen-bond donors (Lipinski definition) is 8. The first-order valence-corrected chi connectivity index (χ1v) is 12.7. The number of aliphatic hydroxyl groups is 1. The number of amides is 4. The molecule has 0 aliphatic heterocycles. The van der Waals surface area contributed by atoms with E-state index in [9.17, 15) is 34.2 Å². The molecule has 13 nitrogen and oxygen atoms in total. The van der Waals surface area contributed by atoms with Gasteiger partial charge in [-0.2, -0.15) is 0 Å². The van der Waals surface area contributed by atoms with Crippen LogP contribution in [-0.2, 0) is 30.4 Å². The van der Waals surface area contributed by atoms with Gasteiger partial charge < -0.3 is 42.6 Å². The number of para-hydroxylation sites is 1. The summed E-state index contributed by atoms with van der Waals surface area (Å²) in [5.41, 5.74) is 13.1. The van der Waals surface area contributed by atoms with Crippen molar-refractivity contribution in [2.45, 2.75) is 76.7 Å². The van der Waals surface area contributed by atoms with Gasteiger partial charge in [0.1, 0.15) is 12.1 Å². The molecular formula is C26H38N6O7. The number of carboxylic acids is 1. The van der Waals surface area contributed by atoms with Crippen LogP contribution in [0.4, 0.5) is 0 Å². The standard InChI is InChI=1S/C26H38N6O7/c1-13(2)10-20(25(37)32-22(14(3)33)26(38)39)31-24(36)19(8-9-21(28)34)30-23(35)17(27)11-15-12-29-18-7-5-4-6-16(15)18/h4-7,12-14,17,19-20,22,29,33H,8-11,27H2,1-3H3,(H2,28,34)(H,30,35)(H,31,36)(H,32,37)(H,38,39). The van der Waals surface area contributed by atoms with Crippen LogP contribution in [0, 0.1) is 5.92 Å². The molecule has 5 unspecified atom stereocenters. The molecule has 1 heterocycles. The Balaban J connectivity index is 2.16. The summed E-state index contributed by atoms with van der Waals surface area (Å²) in [7, 11) is 0. The summed E-state index contributed by atoms with van der Waals surface area (Å²) in [6.45, 7) is 4.81. The maximum Gasteiger partial charge on any atom is 0.328 e. The van der Waals surface area contributed by atoms with E-state index < -0.39 is 59.9 Å². The number of aromatic nitrogens is 1. The fourth-order valence-corrected chi connectivity index (χ4v) is 4.08. The lowest BCUT2D eigenvalue weighted by molar-refractivity contribution is -0.145. The molecule has 39 heavy (non-hydrogen) atoms. The fraction of sp³-hybridized carbons (Fsp3) is 0.500. The number of rotatable bonds is 15. The number of hydrogen-bond acceptors (Lipinski definition) is 7. The number of benzene rings is 1. The molecule has 1 aromatic heterocycles. The average Bonchev–Trinajstić information content (AvgIpc) is 3.26. The molecule has 2 rings (SSSR count). The zero-order valence-electron chi connectivity index (χ0n) is 22.3. The predicted octanol–water partition coefficient (Wildman–Crippen LogP) is -0.731. The summed E-state index contributed by atoms with van der Waals surface area (Å²) < 4.78 is 0. The van der Waals surface area contributed by atoms with E-state index in [0.29, 0.717) is 0 Å². The van der Waals surface area contributed by atoms with Crippen LogP contribution in [0.2, 0.25) is 0 Å². The van der Waals surface area contributed by atoms with Crippen LogP contribution in [0.25, 0.3) is 10.9 Å². The molecule has 0 saturated carbocycles. The van der Waals surface area contributed by atoms with Crippen LogP contribution in [-0.4, -0.2) is 75.1 Å². The van der Waals surface area contributed by atoms with Crippen molar-refractivity contribution in [1.82, 2.24) is 20.9 Å². The SMILES string of the molecule is CC(C)CC(NC(=O)C(CCC(N)=O)NC(=O)C(N)Cc1c[nH]c2ccccc12)C(=O)NC(C(=O)O)C(C)O. The van der Waals surface area contributed by atoms with Gasteiger partial charge in [-0.15, -0.1) is 0 Å². The smallest absolute Gasteiger partial charge is 0.328 e. The summed E-state index contributed by atoms with van der Waals surface area (Å²) in [5.74, 6) is -4.45. The molecule has 0 radical (unpaired) electrons. The first-order valence-electron chi connectivity index (χ1n) is 12.7. The predicted molar refractivity (Wildman–Crippen MR) is 143 cm³/mol. The zero-order chi connectivity index (χ0) is 29.3. The van der Waals surface area contributed by atoms with Gasteiger partial charge in [-0.05, 0) is 43.7 Å². The van der Waals surface area contributed by atoms with E-state index in [4.69, 9.17) is 11.5 Å². The molecule has 1 aromatic carbocycles. The average molecular weight is 547 g/mol. The summed E-state index contributed by atoms with van der Waals surface area (Å²) in [6.07, 6.45) is 0.313. The summed E-state index contributed by atoms with van der Waals surface area (Å²) >= 11 is 0. The third kappa shape index (κ3) is 9.37. The molecular weight excluding hydrogens is 508 g/mol. The third-order valence-electron chi connectivity index (χ3n) is 6.15. The van der Waals surface area contributed by atoms with Gasteiger partial charge in [-0.3, -0.25) is 19.2 Å². The Bertz CT molecular complexity index is 1180. The van der Waals surface area contributed by atoms with E-state index in [0.717, 1.165) is 16.5 Å². The summed E-state index contributed by atoms with van der Waals surface area (Å²) in [4.78, 5) is 64.9. The minimum Gasteiger partial charge on any atom is -0.480 e. The van der Waals surface area contributed by atoms with Crippen molar-refractivity contribution < 1.29 is 34.2 Å². The van der Waals surface area contributed by atoms with Crippen LogP contribution in [0.5, 0.6) is 0 Å². The van der Waals surface area contributed by atoms with Crippen molar-refractivity contribution in [1.29, 1.82) is 0 Å². The van der Waals surface area contributed by atoms with Crippen molar-refractivity contribution in [3.8, 4) is 0 Å². The van der Waals surface area contributed by atoms with Crippen molar-refractivity contribution in [2.75, 3.05) is 0 Å². The second-order valence-corrected chi connectivity index (χ2v) is 9.99. The van der Waals surface area contributed by atoms with Crippen molar-refractivity contribution in [3.05, 3.63) is 36.0 Å². The second-order valence-electron chi connectivity index (χ2n) is 9.99. The van der Waals surface area contributed by atoms with E-state index in [1.165, 1.54) is 6.92 Å². The summed E-state index contributed by atoms with van der Waals surface area (Å²) in [5, 5.41) is 27.2. The van der Waals surface area contributed by atoms with Crippen LogP contribution in [0.1, 0.15) is 45.6 Å². The zero-order valence-corrected chi connectivity index (χ0v) is 22.3. The Morgan fingerprint density at radius 2 is 1.56 bits per heavy atom. The van der Waals surface area contributed by atoms with E-state index in [-0.39, 0.29) is 31.6 Å². The Morgan fingerprint density at radius 1 is 0.949 bits per heavy atom.